The van der Waals surface area contributed by atoms with Crippen LogP contribution in [0.3, 0.4) is 0 Å². The lowest BCUT2D eigenvalue weighted by atomic mass is 10.1. The highest BCUT2D eigenvalue weighted by molar-refractivity contribution is 5.95. The standard InChI is InChI=1S/C24H26N2O3/c1-17-13-21(9-10-23(17)18(2)27)29-16-22-15-26(11-12-28-22)14-20-8-7-19-5-3-4-6-24(19)25-20/h3-10,13,22H,11-12,14-16H2,1-2H3. The molecule has 0 amide bonds. The van der Waals surface area contributed by atoms with E-state index in [2.05, 4.69) is 23.1 Å². The number of hydrogen-bond donors (Lipinski definition) is 0. The first-order chi connectivity index (χ1) is 14.1. The highest BCUT2D eigenvalue weighted by Gasteiger charge is 2.21. The lowest BCUT2D eigenvalue weighted by molar-refractivity contribution is -0.0507. The molecule has 4 rings (SSSR count). The normalized spacial score (nSPS) is 17.4. The van der Waals surface area contributed by atoms with Gasteiger partial charge in [-0.1, -0.05) is 24.3 Å². The minimum Gasteiger partial charge on any atom is -0.491 e. The Labute approximate surface area is 171 Å². The monoisotopic (exact) mass is 390 g/mol. The van der Waals surface area contributed by atoms with E-state index in [-0.39, 0.29) is 11.9 Å². The largest absolute Gasteiger partial charge is 0.491 e. The maximum Gasteiger partial charge on any atom is 0.160 e. The highest BCUT2D eigenvalue weighted by atomic mass is 16.5. The second-order valence-electron chi connectivity index (χ2n) is 7.57. The number of Topliss-reactive ketones (excluding diaryl/α,β-unsaturated/α-hetero) is 1. The molecule has 0 bridgehead atoms. The highest BCUT2D eigenvalue weighted by Crippen LogP contribution is 2.19. The predicted molar refractivity (Wildman–Crippen MR) is 113 cm³/mol. The molecular weight excluding hydrogens is 364 g/mol. The van der Waals surface area contributed by atoms with E-state index < -0.39 is 0 Å². The van der Waals surface area contributed by atoms with Crippen LogP contribution in [0.15, 0.2) is 54.6 Å². The predicted octanol–water partition coefficient (Wildman–Crippen LogP) is 4.03. The first-order valence-electron chi connectivity index (χ1n) is 10.0. The smallest absolute Gasteiger partial charge is 0.160 e. The third-order valence-corrected chi connectivity index (χ3v) is 5.28. The summed E-state index contributed by atoms with van der Waals surface area (Å²) in [6.45, 7) is 7.18. The minimum absolute atomic E-state index is 0.0111. The number of ether oxygens (including phenoxy) is 2. The first kappa shape index (κ1) is 19.6. The van der Waals surface area contributed by atoms with E-state index in [1.807, 2.05) is 43.3 Å². The van der Waals surface area contributed by atoms with Crippen molar-refractivity contribution in [1.29, 1.82) is 0 Å². The van der Waals surface area contributed by atoms with Gasteiger partial charge in [-0.05, 0) is 49.7 Å². The van der Waals surface area contributed by atoms with E-state index in [0.717, 1.165) is 53.1 Å². The molecule has 2 heterocycles. The molecule has 29 heavy (non-hydrogen) atoms. The quantitative estimate of drug-likeness (QED) is 0.595. The Kier molecular flexibility index (Phi) is 5.88. The van der Waals surface area contributed by atoms with Gasteiger partial charge in [0.1, 0.15) is 18.5 Å². The van der Waals surface area contributed by atoms with Crippen molar-refractivity contribution in [2.45, 2.75) is 26.5 Å². The summed E-state index contributed by atoms with van der Waals surface area (Å²) in [7, 11) is 0. The number of ketones is 1. The molecule has 150 valence electrons. The van der Waals surface area contributed by atoms with Crippen LogP contribution in [0.5, 0.6) is 5.75 Å². The summed E-state index contributed by atoms with van der Waals surface area (Å²) in [6, 6.07) is 18.0. The summed E-state index contributed by atoms with van der Waals surface area (Å²) in [6.07, 6.45) is 0.0111. The Morgan fingerprint density at radius 2 is 2.07 bits per heavy atom. The van der Waals surface area contributed by atoms with Gasteiger partial charge in [0.15, 0.2) is 5.78 Å². The van der Waals surface area contributed by atoms with E-state index >= 15 is 0 Å². The molecule has 2 aromatic carbocycles. The second kappa shape index (κ2) is 8.72. The van der Waals surface area contributed by atoms with Crippen LogP contribution in [0.1, 0.15) is 28.5 Å². The molecule has 0 radical (unpaired) electrons. The third-order valence-electron chi connectivity index (χ3n) is 5.28. The Balaban J connectivity index is 1.34. The van der Waals surface area contributed by atoms with Gasteiger partial charge >= 0.3 is 0 Å². The van der Waals surface area contributed by atoms with Crippen LogP contribution in [0.4, 0.5) is 0 Å². The number of fused-ring (bicyclic) bond motifs is 1. The topological polar surface area (TPSA) is 51.7 Å². The molecule has 5 heteroatoms. The summed E-state index contributed by atoms with van der Waals surface area (Å²) in [4.78, 5) is 18.7. The van der Waals surface area contributed by atoms with Crippen molar-refractivity contribution in [2.75, 3.05) is 26.3 Å². The Hall–Kier alpha value is -2.76. The number of benzene rings is 2. The molecule has 1 atom stereocenters. The van der Waals surface area contributed by atoms with Crippen LogP contribution in [0.25, 0.3) is 10.9 Å². The molecule has 1 saturated heterocycles. The second-order valence-corrected chi connectivity index (χ2v) is 7.57. The number of para-hydroxylation sites is 1. The summed E-state index contributed by atoms with van der Waals surface area (Å²) in [5.74, 6) is 0.840. The van der Waals surface area contributed by atoms with Crippen molar-refractivity contribution in [3.8, 4) is 5.75 Å². The average molecular weight is 390 g/mol. The summed E-state index contributed by atoms with van der Waals surface area (Å²) in [5.41, 5.74) is 3.77. The van der Waals surface area contributed by atoms with Gasteiger partial charge in [0, 0.05) is 30.6 Å². The van der Waals surface area contributed by atoms with Crippen LogP contribution in [0.2, 0.25) is 0 Å². The van der Waals surface area contributed by atoms with Gasteiger partial charge in [0.2, 0.25) is 0 Å². The van der Waals surface area contributed by atoms with Gasteiger partial charge in [-0.15, -0.1) is 0 Å². The van der Waals surface area contributed by atoms with Gasteiger partial charge in [-0.25, -0.2) is 0 Å². The molecule has 5 nitrogen and oxygen atoms in total. The third kappa shape index (κ3) is 4.81. The van der Waals surface area contributed by atoms with E-state index in [9.17, 15) is 4.79 Å². The molecule has 3 aromatic rings. The lowest BCUT2D eigenvalue weighted by Gasteiger charge is -2.32. The zero-order valence-corrected chi connectivity index (χ0v) is 16.9. The van der Waals surface area contributed by atoms with Gasteiger partial charge in [-0.2, -0.15) is 0 Å². The molecule has 1 unspecified atom stereocenters. The molecule has 1 aromatic heterocycles. The van der Waals surface area contributed by atoms with Crippen LogP contribution in [-0.2, 0) is 11.3 Å². The summed E-state index contributed by atoms with van der Waals surface area (Å²) in [5, 5.41) is 1.16. The average Bonchev–Trinajstić information content (AvgIpc) is 2.72. The molecule has 0 aliphatic carbocycles. The van der Waals surface area contributed by atoms with E-state index in [0.29, 0.717) is 13.2 Å². The Morgan fingerprint density at radius 1 is 1.21 bits per heavy atom. The van der Waals surface area contributed by atoms with Crippen molar-refractivity contribution in [1.82, 2.24) is 9.88 Å². The van der Waals surface area contributed by atoms with Gasteiger partial charge in [-0.3, -0.25) is 14.7 Å². The number of hydrogen-bond acceptors (Lipinski definition) is 5. The maximum absolute atomic E-state index is 11.6. The van der Waals surface area contributed by atoms with Gasteiger partial charge in [0.25, 0.3) is 0 Å². The van der Waals surface area contributed by atoms with Gasteiger partial charge < -0.3 is 9.47 Å². The Morgan fingerprint density at radius 3 is 2.90 bits per heavy atom. The van der Waals surface area contributed by atoms with Crippen LogP contribution < -0.4 is 4.74 Å². The number of morpholine rings is 1. The fourth-order valence-electron chi connectivity index (χ4n) is 3.76. The molecular formula is C24H26N2O3. The number of aromatic nitrogens is 1. The minimum atomic E-state index is 0.0111. The first-order valence-corrected chi connectivity index (χ1v) is 10.0. The molecule has 0 N–H and O–H groups in total. The zero-order valence-electron chi connectivity index (χ0n) is 16.9. The van der Waals surface area contributed by atoms with Crippen LogP contribution >= 0.6 is 0 Å². The Bertz CT molecular complexity index is 1020. The van der Waals surface area contributed by atoms with Crippen LogP contribution in [-0.4, -0.2) is 48.1 Å². The number of nitrogens with zero attached hydrogens (tertiary/aromatic N) is 2. The fourth-order valence-corrected chi connectivity index (χ4v) is 3.76. The molecule has 0 spiro atoms. The number of rotatable bonds is 6. The molecule has 1 fully saturated rings. The van der Waals surface area contributed by atoms with E-state index in [4.69, 9.17) is 14.5 Å². The van der Waals surface area contributed by atoms with Crippen LogP contribution in [0, 0.1) is 6.92 Å². The van der Waals surface area contributed by atoms with Crippen molar-refractivity contribution in [3.05, 3.63) is 71.4 Å². The van der Waals surface area contributed by atoms with E-state index in [1.165, 1.54) is 0 Å². The number of carbonyl (C=O) groups is 1. The zero-order chi connectivity index (χ0) is 20.2. The van der Waals surface area contributed by atoms with E-state index in [1.54, 1.807) is 6.92 Å². The fraction of sp³-hybridized carbons (Fsp3) is 0.333. The molecule has 1 aliphatic rings. The number of pyridine rings is 1. The van der Waals surface area contributed by atoms with Gasteiger partial charge in [0.05, 0.1) is 17.8 Å². The molecule has 1 aliphatic heterocycles. The summed E-state index contributed by atoms with van der Waals surface area (Å²) < 4.78 is 11.8. The van der Waals surface area contributed by atoms with Crippen molar-refractivity contribution < 1.29 is 14.3 Å². The van der Waals surface area contributed by atoms with Crippen molar-refractivity contribution >= 4 is 16.7 Å². The molecule has 0 saturated carbocycles. The van der Waals surface area contributed by atoms with Crippen molar-refractivity contribution in [2.24, 2.45) is 0 Å². The van der Waals surface area contributed by atoms with Crippen molar-refractivity contribution in [3.63, 3.8) is 0 Å². The summed E-state index contributed by atoms with van der Waals surface area (Å²) >= 11 is 0. The number of carbonyl (C=O) groups excluding carboxylic acids is 1. The SMILES string of the molecule is CC(=O)c1ccc(OCC2CN(Cc3ccc4ccccc4n3)CCO2)cc1C. The lowest BCUT2D eigenvalue weighted by Crippen LogP contribution is -2.44. The maximum atomic E-state index is 11.6. The number of aryl methyl sites for hydroxylation is 1.